The first-order valence-corrected chi connectivity index (χ1v) is 11.3. The van der Waals surface area contributed by atoms with Gasteiger partial charge in [-0.25, -0.2) is 9.48 Å². The van der Waals surface area contributed by atoms with E-state index in [-0.39, 0.29) is 16.4 Å². The van der Waals surface area contributed by atoms with Crippen LogP contribution in [0.2, 0.25) is 15.2 Å². The summed E-state index contributed by atoms with van der Waals surface area (Å²) in [6.07, 6.45) is 1.42. The van der Waals surface area contributed by atoms with E-state index in [0.29, 0.717) is 28.0 Å². The number of non-ortho nitro benzene ring substituents is 1. The minimum absolute atomic E-state index is 0.0232. The largest absolute Gasteiger partial charge is 0.449 e. The average Bonchev–Trinajstić information content (AvgIpc) is 3.07. The quantitative estimate of drug-likeness (QED) is 0.171. The molecule has 0 spiro atoms. The van der Waals surface area contributed by atoms with E-state index in [4.69, 9.17) is 39.5 Å². The van der Waals surface area contributed by atoms with Crippen LogP contribution in [0.1, 0.15) is 23.7 Å². The molecule has 3 rings (SSSR count). The van der Waals surface area contributed by atoms with Gasteiger partial charge in [-0.3, -0.25) is 14.9 Å². The maximum absolute atomic E-state index is 12.4. The number of ether oxygens (including phenoxy) is 1. The Morgan fingerprint density at radius 1 is 1.20 bits per heavy atom. The lowest BCUT2D eigenvalue weighted by atomic mass is 10.2. The zero-order valence-corrected chi connectivity index (χ0v) is 20.8. The lowest BCUT2D eigenvalue weighted by Gasteiger charge is -2.13. The van der Waals surface area contributed by atoms with Crippen molar-refractivity contribution in [2.75, 3.05) is 5.32 Å². The van der Waals surface area contributed by atoms with Crippen molar-refractivity contribution < 1.29 is 19.2 Å². The minimum Gasteiger partial charge on any atom is -0.449 e. The van der Waals surface area contributed by atoms with Gasteiger partial charge in [0, 0.05) is 28.8 Å². The molecule has 0 aliphatic rings. The first-order chi connectivity index (χ1) is 16.6. The van der Waals surface area contributed by atoms with E-state index in [2.05, 4.69) is 10.4 Å². The van der Waals surface area contributed by atoms with E-state index < -0.39 is 22.9 Å². The number of benzene rings is 2. The van der Waals surface area contributed by atoms with Crippen LogP contribution in [0.5, 0.6) is 0 Å². The molecule has 0 aliphatic carbocycles. The number of hydrogen-bond donors (Lipinski definition) is 1. The molecule has 1 aromatic heterocycles. The van der Waals surface area contributed by atoms with Gasteiger partial charge in [0.2, 0.25) is 0 Å². The first kappa shape index (κ1) is 26.2. The second-order valence-corrected chi connectivity index (χ2v) is 8.53. The number of carbonyl (C=O) groups excluding carboxylic acids is 2. The molecule has 0 saturated carbocycles. The molecule has 0 radical (unpaired) electrons. The normalized spacial score (nSPS) is 11.9. The van der Waals surface area contributed by atoms with Crippen LogP contribution in [0.3, 0.4) is 0 Å². The van der Waals surface area contributed by atoms with E-state index in [0.717, 1.165) is 17.7 Å². The van der Waals surface area contributed by atoms with Gasteiger partial charge in [0.25, 0.3) is 11.6 Å². The van der Waals surface area contributed by atoms with Crippen LogP contribution < -0.4 is 5.32 Å². The summed E-state index contributed by atoms with van der Waals surface area (Å²) in [7, 11) is 0. The Balaban J connectivity index is 1.63. The maximum atomic E-state index is 12.4. The number of aromatic nitrogens is 2. The molecule has 2 aromatic carbocycles. The van der Waals surface area contributed by atoms with Gasteiger partial charge in [-0.1, -0.05) is 53.0 Å². The van der Waals surface area contributed by atoms with Crippen LogP contribution in [0, 0.1) is 17.0 Å². The molecular formula is C23H19Cl3N4O5. The maximum Gasteiger partial charge on any atom is 0.331 e. The average molecular weight is 538 g/mol. The number of aryl methyl sites for hydroxylation is 1. The Bertz CT molecular complexity index is 1320. The highest BCUT2D eigenvalue weighted by Crippen LogP contribution is 2.27. The summed E-state index contributed by atoms with van der Waals surface area (Å²) >= 11 is 18.6. The van der Waals surface area contributed by atoms with E-state index >= 15 is 0 Å². The molecule has 1 unspecified atom stereocenters. The smallest absolute Gasteiger partial charge is 0.331 e. The van der Waals surface area contributed by atoms with Crippen molar-refractivity contribution in [3.63, 3.8) is 0 Å². The summed E-state index contributed by atoms with van der Waals surface area (Å²) in [4.78, 5) is 34.8. The van der Waals surface area contributed by atoms with Crippen molar-refractivity contribution in [1.82, 2.24) is 9.78 Å². The fourth-order valence-electron chi connectivity index (χ4n) is 3.02. The van der Waals surface area contributed by atoms with Gasteiger partial charge in [0.15, 0.2) is 6.10 Å². The van der Waals surface area contributed by atoms with Gasteiger partial charge >= 0.3 is 5.97 Å². The molecule has 35 heavy (non-hydrogen) atoms. The van der Waals surface area contributed by atoms with Crippen molar-refractivity contribution in [2.24, 2.45) is 0 Å². The number of carbonyl (C=O) groups is 2. The molecule has 1 heterocycles. The minimum atomic E-state index is -1.17. The molecule has 1 atom stereocenters. The number of halogens is 3. The topological polar surface area (TPSA) is 116 Å². The Hall–Kier alpha value is -3.40. The fourth-order valence-corrected chi connectivity index (χ4v) is 3.74. The van der Waals surface area contributed by atoms with Gasteiger partial charge in [-0.15, -0.1) is 0 Å². The Labute approximate surface area is 215 Å². The van der Waals surface area contributed by atoms with Crippen molar-refractivity contribution >= 4 is 64.1 Å². The summed E-state index contributed by atoms with van der Waals surface area (Å²) in [6.45, 7) is 3.46. The molecule has 1 amide bonds. The third-order valence-electron chi connectivity index (χ3n) is 4.86. The monoisotopic (exact) mass is 536 g/mol. The van der Waals surface area contributed by atoms with E-state index in [1.165, 1.54) is 25.1 Å². The van der Waals surface area contributed by atoms with Crippen LogP contribution in [0.15, 0.2) is 48.5 Å². The number of rotatable bonds is 8. The highest BCUT2D eigenvalue weighted by Gasteiger charge is 2.19. The van der Waals surface area contributed by atoms with E-state index in [9.17, 15) is 19.7 Å². The number of nitrogens with one attached hydrogen (secondary N) is 1. The number of hydrogen-bond acceptors (Lipinski definition) is 6. The summed E-state index contributed by atoms with van der Waals surface area (Å²) in [6, 6.07) is 10.9. The molecule has 0 fully saturated rings. The van der Waals surface area contributed by atoms with E-state index in [1.807, 2.05) is 18.2 Å². The second-order valence-electron chi connectivity index (χ2n) is 7.36. The number of esters is 1. The summed E-state index contributed by atoms with van der Waals surface area (Å²) in [5.74, 6) is -1.44. The molecular weight excluding hydrogens is 519 g/mol. The highest BCUT2D eigenvalue weighted by atomic mass is 35.5. The molecule has 12 heteroatoms. The Kier molecular flexibility index (Phi) is 8.50. The third-order valence-corrected chi connectivity index (χ3v) is 5.94. The number of nitrogens with zero attached hydrogens (tertiary/aromatic N) is 3. The zero-order chi connectivity index (χ0) is 25.7. The van der Waals surface area contributed by atoms with Gasteiger partial charge < -0.3 is 10.1 Å². The molecule has 9 nitrogen and oxygen atoms in total. The Morgan fingerprint density at radius 3 is 2.57 bits per heavy atom. The summed E-state index contributed by atoms with van der Waals surface area (Å²) in [5.41, 5.74) is 1.87. The lowest BCUT2D eigenvalue weighted by Crippen LogP contribution is -2.29. The zero-order valence-electron chi connectivity index (χ0n) is 18.5. The predicted octanol–water partition coefficient (Wildman–Crippen LogP) is 5.69. The molecule has 0 bridgehead atoms. The Morgan fingerprint density at radius 2 is 1.91 bits per heavy atom. The summed E-state index contributed by atoms with van der Waals surface area (Å²) in [5, 5.41) is 18.5. The highest BCUT2D eigenvalue weighted by molar-refractivity contribution is 6.34. The van der Waals surface area contributed by atoms with Gasteiger partial charge in [-0.05, 0) is 37.6 Å². The van der Waals surface area contributed by atoms with Crippen molar-refractivity contribution in [2.45, 2.75) is 26.5 Å². The van der Waals surface area contributed by atoms with Crippen LogP contribution in [0.4, 0.5) is 11.4 Å². The summed E-state index contributed by atoms with van der Waals surface area (Å²) < 4.78 is 6.69. The second kappa shape index (κ2) is 11.4. The van der Waals surface area contributed by atoms with Gasteiger partial charge in [0.05, 0.1) is 27.9 Å². The van der Waals surface area contributed by atoms with Gasteiger partial charge in [-0.2, -0.15) is 5.10 Å². The van der Waals surface area contributed by atoms with Crippen molar-refractivity contribution in [3.8, 4) is 0 Å². The van der Waals surface area contributed by atoms with Crippen LogP contribution in [-0.4, -0.2) is 32.7 Å². The lowest BCUT2D eigenvalue weighted by molar-refractivity contribution is -0.384. The predicted molar refractivity (Wildman–Crippen MR) is 134 cm³/mol. The SMILES string of the molecule is Cc1nn(Cc2ccccc2Cl)c(Cl)c1/C=C/C(=O)OC(C)C(=O)Nc1ccc([N+](=O)[O-])cc1Cl. The number of nitro groups is 1. The van der Waals surface area contributed by atoms with Gasteiger partial charge in [0.1, 0.15) is 5.15 Å². The van der Waals surface area contributed by atoms with Crippen LogP contribution in [-0.2, 0) is 20.9 Å². The molecule has 0 aliphatic heterocycles. The standard InChI is InChI=1S/C23H19Cl3N4O5/c1-13-17(22(26)29(28-13)12-15-5-3-4-6-18(15)24)8-10-21(31)35-14(2)23(32)27-20-9-7-16(30(33)34)11-19(20)25/h3-11,14H,12H2,1-2H3,(H,27,32)/b10-8+. The van der Waals surface area contributed by atoms with Crippen LogP contribution in [0.25, 0.3) is 6.08 Å². The first-order valence-electron chi connectivity index (χ1n) is 10.2. The fraction of sp³-hybridized carbons (Fsp3) is 0.174. The molecule has 0 saturated heterocycles. The number of nitro benzene ring substituents is 1. The van der Waals surface area contributed by atoms with Crippen LogP contribution >= 0.6 is 34.8 Å². The number of anilines is 1. The molecule has 3 aromatic rings. The molecule has 1 N–H and O–H groups in total. The number of amides is 1. The van der Waals surface area contributed by atoms with Crippen molar-refractivity contribution in [1.29, 1.82) is 0 Å². The third kappa shape index (κ3) is 6.60. The van der Waals surface area contributed by atoms with Crippen molar-refractivity contribution in [3.05, 3.63) is 90.7 Å². The molecule has 182 valence electrons. The van der Waals surface area contributed by atoms with E-state index in [1.54, 1.807) is 17.7 Å².